The van der Waals surface area contributed by atoms with Crippen molar-refractivity contribution in [3.05, 3.63) is 30.3 Å². The highest BCUT2D eigenvalue weighted by Gasteiger charge is 2.24. The molecule has 1 aliphatic heterocycles. The number of benzene rings is 1. The average Bonchev–Trinajstić information content (AvgIpc) is 3.19. The molecule has 0 amide bonds. The van der Waals surface area contributed by atoms with E-state index in [2.05, 4.69) is 62.0 Å². The Labute approximate surface area is 169 Å². The fourth-order valence-corrected chi connectivity index (χ4v) is 4.85. The summed E-state index contributed by atoms with van der Waals surface area (Å²) in [5.41, 5.74) is 1.35. The summed E-state index contributed by atoms with van der Waals surface area (Å²) in [6, 6.07) is 11.3. The normalized spacial score (nSPS) is 24.2. The van der Waals surface area contributed by atoms with E-state index in [1.807, 2.05) is 18.8 Å². The lowest BCUT2D eigenvalue weighted by atomic mass is 10.2. The molecule has 1 heterocycles. The summed E-state index contributed by atoms with van der Waals surface area (Å²) in [6.07, 6.45) is 7.22. The van der Waals surface area contributed by atoms with E-state index in [4.69, 9.17) is 0 Å². The molecular weight excluding hydrogens is 354 g/mol. The van der Waals surface area contributed by atoms with Crippen LogP contribution in [0.25, 0.3) is 0 Å². The number of piperazine rings is 1. The van der Waals surface area contributed by atoms with E-state index in [9.17, 15) is 0 Å². The van der Waals surface area contributed by atoms with Crippen molar-refractivity contribution in [2.45, 2.75) is 37.0 Å². The summed E-state index contributed by atoms with van der Waals surface area (Å²) in [5, 5.41) is 7.91. The molecule has 1 saturated carbocycles. The number of para-hydroxylation sites is 1. The van der Waals surface area contributed by atoms with Gasteiger partial charge in [0, 0.05) is 56.8 Å². The number of rotatable bonds is 7. The SMILES string of the molecule is CN=C(NCCCN1CCN(c2ccccc2)CC1)NC1CCC(SC)C1. The van der Waals surface area contributed by atoms with Gasteiger partial charge in [-0.1, -0.05) is 18.2 Å². The Morgan fingerprint density at radius 2 is 1.93 bits per heavy atom. The van der Waals surface area contributed by atoms with E-state index in [0.29, 0.717) is 6.04 Å². The molecule has 2 fully saturated rings. The van der Waals surface area contributed by atoms with Crippen molar-refractivity contribution in [3.63, 3.8) is 0 Å². The molecule has 2 atom stereocenters. The van der Waals surface area contributed by atoms with Gasteiger partial charge in [-0.3, -0.25) is 9.89 Å². The minimum atomic E-state index is 0.583. The van der Waals surface area contributed by atoms with E-state index in [1.54, 1.807) is 0 Å². The third-order valence-corrected chi connectivity index (χ3v) is 6.81. The van der Waals surface area contributed by atoms with Crippen LogP contribution >= 0.6 is 11.8 Å². The van der Waals surface area contributed by atoms with Crippen LogP contribution in [0, 0.1) is 0 Å². The molecule has 27 heavy (non-hydrogen) atoms. The standard InChI is InChI=1S/C21H35N5S/c1-22-21(24-18-9-10-20(17-18)27-2)23-11-6-12-25-13-15-26(16-14-25)19-7-4-3-5-8-19/h3-5,7-8,18,20H,6,9-17H2,1-2H3,(H2,22,23,24). The first-order chi connectivity index (χ1) is 13.3. The van der Waals surface area contributed by atoms with Gasteiger partial charge in [-0.2, -0.15) is 11.8 Å². The van der Waals surface area contributed by atoms with Crippen molar-refractivity contribution in [1.82, 2.24) is 15.5 Å². The van der Waals surface area contributed by atoms with Crippen molar-refractivity contribution in [2.75, 3.05) is 57.5 Å². The van der Waals surface area contributed by atoms with Crippen LogP contribution in [0.2, 0.25) is 0 Å². The molecule has 0 radical (unpaired) electrons. The van der Waals surface area contributed by atoms with Crippen LogP contribution in [0.4, 0.5) is 5.69 Å². The molecule has 3 rings (SSSR count). The van der Waals surface area contributed by atoms with Crippen LogP contribution in [-0.2, 0) is 0 Å². The quantitative estimate of drug-likeness (QED) is 0.426. The van der Waals surface area contributed by atoms with Gasteiger partial charge in [0.15, 0.2) is 5.96 Å². The predicted molar refractivity (Wildman–Crippen MR) is 119 cm³/mol. The minimum absolute atomic E-state index is 0.583. The van der Waals surface area contributed by atoms with Crippen LogP contribution in [0.3, 0.4) is 0 Å². The molecule has 2 N–H and O–H groups in total. The number of anilines is 1. The third kappa shape index (κ3) is 6.32. The zero-order valence-corrected chi connectivity index (χ0v) is 17.7. The Bertz CT molecular complexity index is 571. The lowest BCUT2D eigenvalue weighted by Crippen LogP contribution is -2.47. The second-order valence-corrected chi connectivity index (χ2v) is 8.67. The first-order valence-corrected chi connectivity index (χ1v) is 11.6. The number of hydrogen-bond acceptors (Lipinski definition) is 4. The highest BCUT2D eigenvalue weighted by Crippen LogP contribution is 2.28. The predicted octanol–water partition coefficient (Wildman–Crippen LogP) is 2.65. The molecule has 0 aromatic heterocycles. The molecule has 2 unspecified atom stereocenters. The van der Waals surface area contributed by atoms with Crippen LogP contribution in [0.5, 0.6) is 0 Å². The van der Waals surface area contributed by atoms with Gasteiger partial charge in [0.1, 0.15) is 0 Å². The second-order valence-electron chi connectivity index (χ2n) is 7.53. The Kier molecular flexibility index (Phi) is 8.14. The van der Waals surface area contributed by atoms with Gasteiger partial charge in [0.25, 0.3) is 0 Å². The zero-order chi connectivity index (χ0) is 18.9. The van der Waals surface area contributed by atoms with Gasteiger partial charge < -0.3 is 15.5 Å². The van der Waals surface area contributed by atoms with Crippen LogP contribution < -0.4 is 15.5 Å². The number of aliphatic imine (C=N–C) groups is 1. The lowest BCUT2D eigenvalue weighted by Gasteiger charge is -2.36. The summed E-state index contributed by atoms with van der Waals surface area (Å²) in [7, 11) is 1.87. The Morgan fingerprint density at radius 3 is 2.59 bits per heavy atom. The van der Waals surface area contributed by atoms with Crippen LogP contribution in [-0.4, -0.2) is 74.7 Å². The maximum Gasteiger partial charge on any atom is 0.191 e. The summed E-state index contributed by atoms with van der Waals surface area (Å²) in [5.74, 6) is 0.968. The molecular formula is C21H35N5S. The molecule has 1 saturated heterocycles. The van der Waals surface area contributed by atoms with Gasteiger partial charge in [0.05, 0.1) is 0 Å². The third-order valence-electron chi connectivity index (χ3n) is 5.72. The molecule has 150 valence electrons. The Balaban J connectivity index is 1.29. The number of guanidine groups is 1. The number of nitrogens with zero attached hydrogens (tertiary/aromatic N) is 3. The minimum Gasteiger partial charge on any atom is -0.369 e. The van der Waals surface area contributed by atoms with E-state index >= 15 is 0 Å². The fourth-order valence-electron chi connectivity index (χ4n) is 4.05. The molecule has 2 aliphatic rings. The maximum absolute atomic E-state index is 4.40. The molecule has 1 aromatic carbocycles. The van der Waals surface area contributed by atoms with Gasteiger partial charge in [-0.05, 0) is 50.6 Å². The monoisotopic (exact) mass is 389 g/mol. The number of hydrogen-bond donors (Lipinski definition) is 2. The van der Waals surface area contributed by atoms with Crippen molar-refractivity contribution in [3.8, 4) is 0 Å². The second kappa shape index (κ2) is 10.8. The number of nitrogens with one attached hydrogen (secondary N) is 2. The van der Waals surface area contributed by atoms with Gasteiger partial charge >= 0.3 is 0 Å². The molecule has 1 aliphatic carbocycles. The van der Waals surface area contributed by atoms with E-state index in [0.717, 1.165) is 56.9 Å². The summed E-state index contributed by atoms with van der Waals surface area (Å²) in [4.78, 5) is 9.47. The first kappa shape index (κ1) is 20.3. The van der Waals surface area contributed by atoms with Gasteiger partial charge in [-0.15, -0.1) is 0 Å². The van der Waals surface area contributed by atoms with Crippen molar-refractivity contribution in [1.29, 1.82) is 0 Å². The van der Waals surface area contributed by atoms with Gasteiger partial charge in [0.2, 0.25) is 0 Å². The summed E-state index contributed by atoms with van der Waals surface area (Å²) >= 11 is 2.00. The smallest absolute Gasteiger partial charge is 0.191 e. The summed E-state index contributed by atoms with van der Waals surface area (Å²) < 4.78 is 0. The molecule has 0 spiro atoms. The highest BCUT2D eigenvalue weighted by molar-refractivity contribution is 7.99. The van der Waals surface area contributed by atoms with E-state index in [1.165, 1.54) is 24.9 Å². The van der Waals surface area contributed by atoms with Crippen LogP contribution in [0.15, 0.2) is 35.3 Å². The summed E-state index contributed by atoms with van der Waals surface area (Å²) in [6.45, 7) is 6.69. The Hall–Kier alpha value is -1.40. The molecule has 5 nitrogen and oxygen atoms in total. The zero-order valence-electron chi connectivity index (χ0n) is 16.9. The maximum atomic E-state index is 4.40. The van der Waals surface area contributed by atoms with Crippen molar-refractivity contribution < 1.29 is 0 Å². The first-order valence-electron chi connectivity index (χ1n) is 10.3. The van der Waals surface area contributed by atoms with Crippen LogP contribution in [0.1, 0.15) is 25.7 Å². The average molecular weight is 390 g/mol. The largest absolute Gasteiger partial charge is 0.369 e. The van der Waals surface area contributed by atoms with E-state index < -0.39 is 0 Å². The molecule has 1 aromatic rings. The van der Waals surface area contributed by atoms with Gasteiger partial charge in [-0.25, -0.2) is 0 Å². The highest BCUT2D eigenvalue weighted by atomic mass is 32.2. The molecule has 6 heteroatoms. The van der Waals surface area contributed by atoms with Crippen molar-refractivity contribution >= 4 is 23.4 Å². The van der Waals surface area contributed by atoms with E-state index in [-0.39, 0.29) is 0 Å². The molecule has 0 bridgehead atoms. The number of thioether (sulfide) groups is 1. The van der Waals surface area contributed by atoms with Crippen molar-refractivity contribution in [2.24, 2.45) is 4.99 Å². The Morgan fingerprint density at radius 1 is 1.15 bits per heavy atom. The topological polar surface area (TPSA) is 42.9 Å². The fraction of sp³-hybridized carbons (Fsp3) is 0.667. The lowest BCUT2D eigenvalue weighted by molar-refractivity contribution is 0.255.